The van der Waals surface area contributed by atoms with E-state index in [1.165, 1.54) is 0 Å². The van der Waals surface area contributed by atoms with Gasteiger partial charge in [0.2, 0.25) is 0 Å². The lowest BCUT2D eigenvalue weighted by molar-refractivity contribution is 0.810. The minimum absolute atomic E-state index is 0.703. The Bertz CT molecular complexity index is 225. The quantitative estimate of drug-likeness (QED) is 0.749. The average molecular weight is 171 g/mol. The lowest BCUT2D eigenvalue weighted by Crippen LogP contribution is -2.01. The molecule has 1 rings (SSSR count). The van der Waals surface area contributed by atoms with Crippen molar-refractivity contribution in [3.63, 3.8) is 0 Å². The van der Waals surface area contributed by atoms with E-state index in [0.29, 0.717) is 6.54 Å². The Balaban J connectivity index is 2.56. The number of pyridine rings is 1. The molecule has 2 N–H and O–H groups in total. The zero-order valence-electron chi connectivity index (χ0n) is 6.26. The monoisotopic (exact) mass is 170 g/mol. The van der Waals surface area contributed by atoms with Crippen molar-refractivity contribution in [2.45, 2.75) is 12.8 Å². The summed E-state index contributed by atoms with van der Waals surface area (Å²) in [5, 5.41) is 0.743. The van der Waals surface area contributed by atoms with Crippen LogP contribution in [0.25, 0.3) is 0 Å². The highest BCUT2D eigenvalue weighted by atomic mass is 35.5. The summed E-state index contributed by atoms with van der Waals surface area (Å²) in [5.74, 6) is 0. The lowest BCUT2D eigenvalue weighted by Gasteiger charge is -1.97. The Morgan fingerprint density at radius 2 is 2.36 bits per heavy atom. The van der Waals surface area contributed by atoms with Gasteiger partial charge in [-0.15, -0.1) is 0 Å². The van der Waals surface area contributed by atoms with Crippen LogP contribution in [0.15, 0.2) is 18.3 Å². The van der Waals surface area contributed by atoms with Gasteiger partial charge in [-0.2, -0.15) is 0 Å². The summed E-state index contributed by atoms with van der Waals surface area (Å²) in [5.41, 5.74) is 6.37. The van der Waals surface area contributed by atoms with Gasteiger partial charge in [0.25, 0.3) is 0 Å². The molecule has 0 atom stereocenters. The molecule has 0 unspecified atom stereocenters. The Hall–Kier alpha value is -0.600. The van der Waals surface area contributed by atoms with Gasteiger partial charge < -0.3 is 5.73 Å². The Morgan fingerprint density at radius 1 is 1.55 bits per heavy atom. The van der Waals surface area contributed by atoms with E-state index in [1.807, 2.05) is 6.07 Å². The van der Waals surface area contributed by atoms with Crippen LogP contribution < -0.4 is 5.73 Å². The summed E-state index contributed by atoms with van der Waals surface area (Å²) >= 11 is 5.75. The first kappa shape index (κ1) is 8.50. The third-order valence-electron chi connectivity index (χ3n) is 1.42. The minimum Gasteiger partial charge on any atom is -0.330 e. The summed E-state index contributed by atoms with van der Waals surface area (Å²) in [6.45, 7) is 0.703. The third-order valence-corrected chi connectivity index (χ3v) is 1.65. The van der Waals surface area contributed by atoms with Gasteiger partial charge in [-0.25, -0.2) is 0 Å². The molecule has 0 fully saturated rings. The number of nitrogens with zero attached hydrogens (tertiary/aromatic N) is 1. The standard InChI is InChI=1S/C8H11ClN2/c9-7-3-5-11-8(6-7)2-1-4-10/h3,5-6H,1-2,4,10H2. The fourth-order valence-electron chi connectivity index (χ4n) is 0.869. The Kier molecular flexibility index (Phi) is 3.33. The van der Waals surface area contributed by atoms with Gasteiger partial charge in [0.15, 0.2) is 0 Å². The minimum atomic E-state index is 0.703. The van der Waals surface area contributed by atoms with Gasteiger partial charge in [-0.1, -0.05) is 11.6 Å². The smallest absolute Gasteiger partial charge is 0.0439 e. The van der Waals surface area contributed by atoms with E-state index in [-0.39, 0.29) is 0 Å². The van der Waals surface area contributed by atoms with Gasteiger partial charge in [0, 0.05) is 16.9 Å². The van der Waals surface area contributed by atoms with Gasteiger partial charge in [-0.05, 0) is 31.5 Å². The normalized spacial score (nSPS) is 10.0. The van der Waals surface area contributed by atoms with E-state index in [2.05, 4.69) is 4.98 Å². The van der Waals surface area contributed by atoms with Crippen LogP contribution in [0.4, 0.5) is 0 Å². The zero-order chi connectivity index (χ0) is 8.10. The highest BCUT2D eigenvalue weighted by Gasteiger charge is 1.93. The molecule has 0 radical (unpaired) electrons. The van der Waals surface area contributed by atoms with Crippen molar-refractivity contribution in [2.24, 2.45) is 5.73 Å². The van der Waals surface area contributed by atoms with Crippen LogP contribution in [0.2, 0.25) is 5.02 Å². The third kappa shape index (κ3) is 2.87. The number of hydrogen-bond acceptors (Lipinski definition) is 2. The molecule has 0 aliphatic carbocycles. The first-order valence-electron chi connectivity index (χ1n) is 3.63. The van der Waals surface area contributed by atoms with Crippen LogP contribution >= 0.6 is 11.6 Å². The van der Waals surface area contributed by atoms with E-state index in [1.54, 1.807) is 12.3 Å². The fraction of sp³-hybridized carbons (Fsp3) is 0.375. The first-order chi connectivity index (χ1) is 5.33. The maximum absolute atomic E-state index is 5.75. The first-order valence-corrected chi connectivity index (χ1v) is 4.01. The molecule has 0 saturated heterocycles. The number of halogens is 1. The molecule has 0 spiro atoms. The molecule has 11 heavy (non-hydrogen) atoms. The maximum atomic E-state index is 5.75. The van der Waals surface area contributed by atoms with Crippen LogP contribution in [-0.4, -0.2) is 11.5 Å². The summed E-state index contributed by atoms with van der Waals surface area (Å²) in [4.78, 5) is 4.14. The Labute approximate surface area is 71.4 Å². The number of hydrogen-bond donors (Lipinski definition) is 1. The molecular weight excluding hydrogens is 160 g/mol. The van der Waals surface area contributed by atoms with Gasteiger partial charge in [0.05, 0.1) is 0 Å². The molecule has 0 bridgehead atoms. The SMILES string of the molecule is NCCCc1cc(Cl)ccn1. The molecule has 0 aliphatic heterocycles. The van der Waals surface area contributed by atoms with Crippen molar-refractivity contribution in [2.75, 3.05) is 6.54 Å². The van der Waals surface area contributed by atoms with Crippen molar-refractivity contribution >= 4 is 11.6 Å². The van der Waals surface area contributed by atoms with Crippen molar-refractivity contribution in [1.82, 2.24) is 4.98 Å². The van der Waals surface area contributed by atoms with Crippen molar-refractivity contribution in [3.05, 3.63) is 29.0 Å². The summed E-state index contributed by atoms with van der Waals surface area (Å²) in [6.07, 6.45) is 3.60. The molecule has 2 nitrogen and oxygen atoms in total. The molecule has 3 heteroatoms. The molecule has 0 aliphatic rings. The highest BCUT2D eigenvalue weighted by Crippen LogP contribution is 2.08. The number of aryl methyl sites for hydroxylation is 1. The summed E-state index contributed by atoms with van der Waals surface area (Å²) < 4.78 is 0. The molecule has 1 heterocycles. The summed E-state index contributed by atoms with van der Waals surface area (Å²) in [7, 11) is 0. The molecule has 0 aromatic carbocycles. The van der Waals surface area contributed by atoms with E-state index in [0.717, 1.165) is 23.6 Å². The van der Waals surface area contributed by atoms with Crippen molar-refractivity contribution in [3.8, 4) is 0 Å². The predicted molar refractivity (Wildman–Crippen MR) is 46.6 cm³/mol. The van der Waals surface area contributed by atoms with Crippen LogP contribution in [0, 0.1) is 0 Å². The molecule has 0 saturated carbocycles. The van der Waals surface area contributed by atoms with Crippen molar-refractivity contribution < 1.29 is 0 Å². The van der Waals surface area contributed by atoms with Crippen LogP contribution in [0.3, 0.4) is 0 Å². The molecule has 1 aromatic heterocycles. The Morgan fingerprint density at radius 3 is 3.00 bits per heavy atom. The van der Waals surface area contributed by atoms with Gasteiger partial charge in [0.1, 0.15) is 0 Å². The van der Waals surface area contributed by atoms with Crippen LogP contribution in [0.1, 0.15) is 12.1 Å². The van der Waals surface area contributed by atoms with Gasteiger partial charge in [-0.3, -0.25) is 4.98 Å². The highest BCUT2D eigenvalue weighted by molar-refractivity contribution is 6.30. The number of nitrogens with two attached hydrogens (primary N) is 1. The van der Waals surface area contributed by atoms with E-state index in [9.17, 15) is 0 Å². The second kappa shape index (κ2) is 4.31. The van der Waals surface area contributed by atoms with E-state index < -0.39 is 0 Å². The lowest BCUT2D eigenvalue weighted by atomic mass is 10.2. The molecule has 1 aromatic rings. The molecule has 60 valence electrons. The number of rotatable bonds is 3. The fourth-order valence-corrected chi connectivity index (χ4v) is 1.05. The molecular formula is C8H11ClN2. The van der Waals surface area contributed by atoms with Crippen LogP contribution in [0.5, 0.6) is 0 Å². The van der Waals surface area contributed by atoms with E-state index in [4.69, 9.17) is 17.3 Å². The second-order valence-electron chi connectivity index (χ2n) is 2.36. The average Bonchev–Trinajstić information content (AvgIpc) is 2.01. The van der Waals surface area contributed by atoms with Crippen molar-refractivity contribution in [1.29, 1.82) is 0 Å². The van der Waals surface area contributed by atoms with Crippen LogP contribution in [-0.2, 0) is 6.42 Å². The summed E-state index contributed by atoms with van der Waals surface area (Å²) in [6, 6.07) is 3.64. The topological polar surface area (TPSA) is 38.9 Å². The van der Waals surface area contributed by atoms with Gasteiger partial charge >= 0.3 is 0 Å². The number of aromatic nitrogens is 1. The van der Waals surface area contributed by atoms with E-state index >= 15 is 0 Å². The zero-order valence-corrected chi connectivity index (χ0v) is 7.01. The maximum Gasteiger partial charge on any atom is 0.0439 e. The predicted octanol–water partition coefficient (Wildman–Crippen LogP) is 1.63. The largest absolute Gasteiger partial charge is 0.330 e. The second-order valence-corrected chi connectivity index (χ2v) is 2.79. The molecule has 0 amide bonds.